The molecule has 4 N–H and O–H groups in total. The van der Waals surface area contributed by atoms with Gasteiger partial charge in [-0.1, -0.05) is 15.9 Å². The topological polar surface area (TPSA) is 113 Å². The molecule has 0 aliphatic heterocycles. The van der Waals surface area contributed by atoms with E-state index in [9.17, 15) is 19.8 Å². The van der Waals surface area contributed by atoms with Crippen LogP contribution in [0.15, 0.2) is 22.7 Å². The molecular formula is C14H19BrN2O5. The number of anilines is 2. The monoisotopic (exact) mass is 374 g/mol. The summed E-state index contributed by atoms with van der Waals surface area (Å²) in [5, 5.41) is 18.6. The van der Waals surface area contributed by atoms with Gasteiger partial charge in [-0.15, -0.1) is 0 Å². The fourth-order valence-corrected chi connectivity index (χ4v) is 2.05. The fourth-order valence-electron chi connectivity index (χ4n) is 1.70. The normalized spacial score (nSPS) is 12.6. The number of carboxylic acids is 1. The largest absolute Gasteiger partial charge is 0.480 e. The van der Waals surface area contributed by atoms with Gasteiger partial charge in [0, 0.05) is 4.47 Å². The zero-order chi connectivity index (χ0) is 17.1. The van der Waals surface area contributed by atoms with Gasteiger partial charge < -0.3 is 20.7 Å². The maximum atomic E-state index is 12.4. The molecule has 1 aromatic rings. The summed E-state index contributed by atoms with van der Waals surface area (Å²) >= 11 is 3.24. The summed E-state index contributed by atoms with van der Waals surface area (Å²) in [4.78, 5) is 24.6. The number of hydrogen-bond donors (Lipinski definition) is 3. The van der Waals surface area contributed by atoms with Crippen LogP contribution in [0, 0.1) is 0 Å². The van der Waals surface area contributed by atoms with Crippen LogP contribution in [0.5, 0.6) is 0 Å². The fraction of sp³-hybridized carbons (Fsp3) is 0.429. The average Bonchev–Trinajstić information content (AvgIpc) is 2.36. The Labute approximate surface area is 136 Å². The van der Waals surface area contributed by atoms with Gasteiger partial charge in [-0.2, -0.15) is 0 Å². The number of nitrogen functional groups attached to an aromatic ring is 1. The minimum Gasteiger partial charge on any atom is -0.480 e. The van der Waals surface area contributed by atoms with Gasteiger partial charge >= 0.3 is 12.1 Å². The number of halogens is 1. The van der Waals surface area contributed by atoms with Crippen molar-refractivity contribution >= 4 is 39.4 Å². The first-order valence-electron chi connectivity index (χ1n) is 6.47. The highest BCUT2D eigenvalue weighted by Gasteiger charge is 2.35. The quantitative estimate of drug-likeness (QED) is 0.696. The number of carbonyl (C=O) groups is 2. The van der Waals surface area contributed by atoms with Crippen LogP contribution in [-0.4, -0.2) is 40.5 Å². The number of aliphatic carboxylic acids is 1. The van der Waals surface area contributed by atoms with Crippen LogP contribution in [0.25, 0.3) is 0 Å². The Morgan fingerprint density at radius 3 is 2.45 bits per heavy atom. The molecule has 1 amide bonds. The molecule has 1 rings (SSSR count). The van der Waals surface area contributed by atoms with E-state index in [-0.39, 0.29) is 11.4 Å². The number of benzene rings is 1. The summed E-state index contributed by atoms with van der Waals surface area (Å²) in [5.41, 5.74) is 5.35. The molecular weight excluding hydrogens is 356 g/mol. The van der Waals surface area contributed by atoms with E-state index in [1.165, 1.54) is 12.1 Å². The molecule has 0 aliphatic rings. The van der Waals surface area contributed by atoms with Gasteiger partial charge in [-0.3, -0.25) is 4.90 Å². The van der Waals surface area contributed by atoms with E-state index in [0.29, 0.717) is 4.47 Å². The predicted molar refractivity (Wildman–Crippen MR) is 85.8 cm³/mol. The zero-order valence-corrected chi connectivity index (χ0v) is 14.1. The lowest BCUT2D eigenvalue weighted by Gasteiger charge is -2.31. The average molecular weight is 375 g/mol. The Kier molecular flexibility index (Phi) is 5.78. The number of carbonyl (C=O) groups excluding carboxylic acids is 1. The smallest absolute Gasteiger partial charge is 0.415 e. The number of amides is 1. The second kappa shape index (κ2) is 6.97. The summed E-state index contributed by atoms with van der Waals surface area (Å²) in [6.45, 7) is 4.19. The molecule has 0 fully saturated rings. The van der Waals surface area contributed by atoms with E-state index < -0.39 is 30.3 Å². The molecule has 122 valence electrons. The molecule has 22 heavy (non-hydrogen) atoms. The van der Waals surface area contributed by atoms with E-state index in [0.717, 1.165) is 4.90 Å². The zero-order valence-electron chi connectivity index (χ0n) is 12.5. The summed E-state index contributed by atoms with van der Waals surface area (Å²) in [7, 11) is 0. The first-order chi connectivity index (χ1) is 10.1. The van der Waals surface area contributed by atoms with Gasteiger partial charge in [0.15, 0.2) is 6.04 Å². The first-order valence-corrected chi connectivity index (χ1v) is 7.27. The number of aliphatic hydroxyl groups excluding tert-OH is 1. The highest BCUT2D eigenvalue weighted by Crippen LogP contribution is 2.30. The molecule has 0 aromatic heterocycles. The molecule has 0 bridgehead atoms. The van der Waals surface area contributed by atoms with Crippen molar-refractivity contribution in [2.75, 3.05) is 17.2 Å². The number of nitrogens with two attached hydrogens (primary N) is 1. The third-order valence-corrected chi connectivity index (χ3v) is 3.11. The lowest BCUT2D eigenvalue weighted by atomic mass is 10.2. The molecule has 7 nitrogen and oxygen atoms in total. The second-order valence-electron chi connectivity index (χ2n) is 5.59. The molecule has 0 spiro atoms. The summed E-state index contributed by atoms with van der Waals surface area (Å²) < 4.78 is 5.83. The van der Waals surface area contributed by atoms with Crippen molar-refractivity contribution in [1.29, 1.82) is 0 Å². The Hall–Kier alpha value is -1.80. The third-order valence-electron chi connectivity index (χ3n) is 2.61. The van der Waals surface area contributed by atoms with Crippen LogP contribution in [0.3, 0.4) is 0 Å². The van der Waals surface area contributed by atoms with Crippen LogP contribution in [-0.2, 0) is 9.53 Å². The second-order valence-corrected chi connectivity index (χ2v) is 6.51. The molecule has 1 atom stereocenters. The minimum absolute atomic E-state index is 0.144. The Bertz CT molecular complexity index is 571. The van der Waals surface area contributed by atoms with E-state index in [1.807, 2.05) is 0 Å². The molecule has 0 heterocycles. The van der Waals surface area contributed by atoms with Crippen LogP contribution in [0.1, 0.15) is 20.8 Å². The number of hydrogen-bond acceptors (Lipinski definition) is 5. The van der Waals surface area contributed by atoms with E-state index in [2.05, 4.69) is 15.9 Å². The Morgan fingerprint density at radius 1 is 1.41 bits per heavy atom. The van der Waals surface area contributed by atoms with Crippen molar-refractivity contribution in [2.24, 2.45) is 0 Å². The van der Waals surface area contributed by atoms with Crippen LogP contribution in [0.4, 0.5) is 16.2 Å². The standard InChI is InChI=1S/C14H19BrN2O5/c1-14(2,3)22-13(21)17(11(7-18)12(19)20)10-6-8(15)4-5-9(10)16/h4-6,11,18H,7,16H2,1-3H3,(H,19,20). The number of aliphatic hydroxyl groups is 1. The lowest BCUT2D eigenvalue weighted by molar-refractivity contribution is -0.139. The van der Waals surface area contributed by atoms with Crippen molar-refractivity contribution in [2.45, 2.75) is 32.4 Å². The summed E-state index contributed by atoms with van der Waals surface area (Å²) in [6, 6.07) is 3.16. The lowest BCUT2D eigenvalue weighted by Crippen LogP contribution is -2.49. The SMILES string of the molecule is CC(C)(C)OC(=O)N(c1cc(Br)ccc1N)C(CO)C(=O)O. The van der Waals surface area contributed by atoms with Gasteiger partial charge in [0.2, 0.25) is 0 Å². The molecule has 0 saturated carbocycles. The van der Waals surface area contributed by atoms with Crippen molar-refractivity contribution in [3.63, 3.8) is 0 Å². The summed E-state index contributed by atoms with van der Waals surface area (Å²) in [6.07, 6.45) is -0.904. The van der Waals surface area contributed by atoms with Crippen LogP contribution >= 0.6 is 15.9 Å². The molecule has 0 aliphatic carbocycles. The van der Waals surface area contributed by atoms with Crippen molar-refractivity contribution < 1.29 is 24.5 Å². The van der Waals surface area contributed by atoms with E-state index in [4.69, 9.17) is 10.5 Å². The maximum absolute atomic E-state index is 12.4. The highest BCUT2D eigenvalue weighted by atomic mass is 79.9. The van der Waals surface area contributed by atoms with Gasteiger partial charge in [-0.25, -0.2) is 9.59 Å². The Morgan fingerprint density at radius 2 is 2.00 bits per heavy atom. The third kappa shape index (κ3) is 4.60. The molecule has 0 saturated heterocycles. The van der Waals surface area contributed by atoms with E-state index in [1.54, 1.807) is 26.8 Å². The van der Waals surface area contributed by atoms with Crippen molar-refractivity contribution in [3.8, 4) is 0 Å². The Balaban J connectivity index is 3.36. The van der Waals surface area contributed by atoms with Crippen LogP contribution < -0.4 is 10.6 Å². The molecule has 1 aromatic carbocycles. The van der Waals surface area contributed by atoms with Crippen LogP contribution in [0.2, 0.25) is 0 Å². The van der Waals surface area contributed by atoms with Crippen molar-refractivity contribution in [3.05, 3.63) is 22.7 Å². The number of rotatable bonds is 4. The van der Waals surface area contributed by atoms with Gasteiger partial charge in [0.05, 0.1) is 18.0 Å². The number of nitrogens with zero attached hydrogens (tertiary/aromatic N) is 1. The summed E-state index contributed by atoms with van der Waals surface area (Å²) in [5.74, 6) is -1.37. The molecule has 0 radical (unpaired) electrons. The molecule has 8 heteroatoms. The van der Waals surface area contributed by atoms with Gasteiger partial charge in [0.1, 0.15) is 5.60 Å². The highest BCUT2D eigenvalue weighted by molar-refractivity contribution is 9.10. The molecule has 1 unspecified atom stereocenters. The van der Waals surface area contributed by atoms with Crippen molar-refractivity contribution in [1.82, 2.24) is 0 Å². The van der Waals surface area contributed by atoms with Gasteiger partial charge in [-0.05, 0) is 39.0 Å². The maximum Gasteiger partial charge on any atom is 0.415 e. The predicted octanol–water partition coefficient (Wildman–Crippen LogP) is 2.22. The van der Waals surface area contributed by atoms with E-state index >= 15 is 0 Å². The number of carboxylic acid groups (broad SMARTS) is 1. The number of ether oxygens (including phenoxy) is 1. The minimum atomic E-state index is -1.51. The first kappa shape index (κ1) is 18.2. The van der Waals surface area contributed by atoms with Gasteiger partial charge in [0.25, 0.3) is 0 Å².